The zero-order valence-electron chi connectivity index (χ0n) is 13.6. The number of nitrogens with one attached hydrogen (secondary N) is 1. The summed E-state index contributed by atoms with van der Waals surface area (Å²) in [5, 5.41) is 3.68. The fraction of sp³-hybridized carbons (Fsp3) is 0.706. The molecule has 0 saturated carbocycles. The smallest absolute Gasteiger partial charge is 0.250 e. The summed E-state index contributed by atoms with van der Waals surface area (Å²) < 4.78 is 1.81. The number of rotatable bonds is 6. The van der Waals surface area contributed by atoms with Crippen LogP contribution in [0.25, 0.3) is 0 Å². The molecule has 0 aliphatic carbocycles. The van der Waals surface area contributed by atoms with E-state index in [1.165, 1.54) is 6.42 Å². The van der Waals surface area contributed by atoms with Gasteiger partial charge in [-0.05, 0) is 24.8 Å². The van der Waals surface area contributed by atoms with E-state index in [2.05, 4.69) is 31.0 Å². The molecule has 2 heterocycles. The van der Waals surface area contributed by atoms with Gasteiger partial charge in [0.1, 0.15) is 0 Å². The maximum absolute atomic E-state index is 11.8. The van der Waals surface area contributed by atoms with Gasteiger partial charge in [-0.15, -0.1) is 0 Å². The third-order valence-electron chi connectivity index (χ3n) is 4.37. The first-order valence-corrected chi connectivity index (χ1v) is 8.23. The Morgan fingerprint density at radius 1 is 1.33 bits per heavy atom. The molecule has 1 aliphatic heterocycles. The van der Waals surface area contributed by atoms with Crippen LogP contribution >= 0.6 is 0 Å². The number of piperazine rings is 1. The van der Waals surface area contributed by atoms with Crippen molar-refractivity contribution in [2.75, 3.05) is 19.6 Å². The molecule has 4 nitrogen and oxygen atoms in total. The van der Waals surface area contributed by atoms with E-state index in [1.54, 1.807) is 12.1 Å². The van der Waals surface area contributed by atoms with Crippen molar-refractivity contribution < 1.29 is 0 Å². The van der Waals surface area contributed by atoms with Gasteiger partial charge in [0, 0.05) is 50.5 Å². The maximum atomic E-state index is 11.8. The van der Waals surface area contributed by atoms with Gasteiger partial charge < -0.3 is 9.88 Å². The second-order valence-electron chi connectivity index (χ2n) is 6.52. The van der Waals surface area contributed by atoms with Crippen molar-refractivity contribution in [3.63, 3.8) is 0 Å². The lowest BCUT2D eigenvalue weighted by Gasteiger charge is -2.40. The molecule has 0 aromatic carbocycles. The fourth-order valence-electron chi connectivity index (χ4n) is 3.21. The first-order valence-electron chi connectivity index (χ1n) is 8.23. The SMILES string of the molecule is CCC1CNC(CC(C)C)CN1CCn1ccccc1=O. The van der Waals surface area contributed by atoms with Crippen LogP contribution in [-0.4, -0.2) is 41.2 Å². The summed E-state index contributed by atoms with van der Waals surface area (Å²) in [6.07, 6.45) is 4.26. The zero-order chi connectivity index (χ0) is 15.2. The third kappa shape index (κ3) is 4.68. The minimum atomic E-state index is 0.0967. The van der Waals surface area contributed by atoms with E-state index in [9.17, 15) is 4.79 Å². The predicted octanol–water partition coefficient (Wildman–Crippen LogP) is 1.95. The molecule has 2 atom stereocenters. The molecule has 0 radical (unpaired) electrons. The minimum Gasteiger partial charge on any atom is -0.314 e. The minimum absolute atomic E-state index is 0.0967. The molecule has 2 unspecified atom stereocenters. The van der Waals surface area contributed by atoms with E-state index in [1.807, 2.05) is 16.8 Å². The van der Waals surface area contributed by atoms with Crippen molar-refractivity contribution in [3.8, 4) is 0 Å². The zero-order valence-corrected chi connectivity index (χ0v) is 13.6. The lowest BCUT2D eigenvalue weighted by molar-refractivity contribution is 0.114. The average Bonchev–Trinajstić information content (AvgIpc) is 2.46. The number of hydrogen-bond donors (Lipinski definition) is 1. The molecule has 1 N–H and O–H groups in total. The number of aromatic nitrogens is 1. The molecular formula is C17H29N3O. The molecule has 21 heavy (non-hydrogen) atoms. The van der Waals surface area contributed by atoms with Gasteiger partial charge in [-0.1, -0.05) is 26.8 Å². The second kappa shape index (κ2) is 7.76. The molecular weight excluding hydrogens is 262 g/mol. The van der Waals surface area contributed by atoms with Crippen LogP contribution in [0, 0.1) is 5.92 Å². The highest BCUT2D eigenvalue weighted by molar-refractivity contribution is 4.93. The molecule has 0 bridgehead atoms. The van der Waals surface area contributed by atoms with Crippen molar-refractivity contribution in [2.45, 2.75) is 52.2 Å². The van der Waals surface area contributed by atoms with Crippen LogP contribution in [0.4, 0.5) is 0 Å². The molecule has 118 valence electrons. The Morgan fingerprint density at radius 3 is 2.81 bits per heavy atom. The topological polar surface area (TPSA) is 37.3 Å². The number of pyridine rings is 1. The molecule has 1 fully saturated rings. The van der Waals surface area contributed by atoms with Crippen molar-refractivity contribution in [1.29, 1.82) is 0 Å². The summed E-state index contributed by atoms with van der Waals surface area (Å²) in [6.45, 7) is 10.7. The van der Waals surface area contributed by atoms with Crippen LogP contribution < -0.4 is 10.9 Å². The van der Waals surface area contributed by atoms with Crippen LogP contribution in [0.15, 0.2) is 29.2 Å². The van der Waals surface area contributed by atoms with Gasteiger partial charge >= 0.3 is 0 Å². The Labute approximate surface area is 128 Å². The molecule has 0 amide bonds. The number of hydrogen-bond acceptors (Lipinski definition) is 3. The molecule has 0 spiro atoms. The second-order valence-corrected chi connectivity index (χ2v) is 6.52. The van der Waals surface area contributed by atoms with Crippen LogP contribution in [0.5, 0.6) is 0 Å². The highest BCUT2D eigenvalue weighted by Crippen LogP contribution is 2.15. The Hall–Kier alpha value is -1.13. The van der Waals surface area contributed by atoms with E-state index < -0.39 is 0 Å². The summed E-state index contributed by atoms with van der Waals surface area (Å²) in [7, 11) is 0. The lowest BCUT2D eigenvalue weighted by atomic mass is 9.99. The number of nitrogens with zero attached hydrogens (tertiary/aromatic N) is 2. The van der Waals surface area contributed by atoms with Crippen LogP contribution in [0.1, 0.15) is 33.6 Å². The van der Waals surface area contributed by atoms with Gasteiger partial charge in [0.05, 0.1) is 0 Å². The summed E-state index contributed by atoms with van der Waals surface area (Å²) in [5.74, 6) is 0.722. The van der Waals surface area contributed by atoms with E-state index in [-0.39, 0.29) is 5.56 Å². The standard InChI is InChI=1S/C17H29N3O/c1-4-16-12-18-15(11-14(2)3)13-20(16)10-9-19-8-6-5-7-17(19)21/h5-8,14-16,18H,4,9-13H2,1-3H3. The summed E-state index contributed by atoms with van der Waals surface area (Å²) in [6, 6.07) is 6.54. The van der Waals surface area contributed by atoms with Crippen molar-refractivity contribution in [1.82, 2.24) is 14.8 Å². The summed E-state index contributed by atoms with van der Waals surface area (Å²) >= 11 is 0. The van der Waals surface area contributed by atoms with Gasteiger partial charge in [-0.3, -0.25) is 9.69 Å². The molecule has 2 rings (SSSR count). The highest BCUT2D eigenvalue weighted by atomic mass is 16.1. The Morgan fingerprint density at radius 2 is 2.14 bits per heavy atom. The molecule has 1 aromatic rings. The van der Waals surface area contributed by atoms with Gasteiger partial charge in [0.15, 0.2) is 0 Å². The average molecular weight is 291 g/mol. The predicted molar refractivity (Wildman–Crippen MR) is 87.6 cm³/mol. The van der Waals surface area contributed by atoms with Gasteiger partial charge in [-0.25, -0.2) is 0 Å². The van der Waals surface area contributed by atoms with E-state index in [4.69, 9.17) is 0 Å². The van der Waals surface area contributed by atoms with Crippen LogP contribution in [-0.2, 0) is 6.54 Å². The third-order valence-corrected chi connectivity index (χ3v) is 4.37. The van der Waals surface area contributed by atoms with E-state index in [0.717, 1.165) is 38.5 Å². The summed E-state index contributed by atoms with van der Waals surface area (Å²) in [4.78, 5) is 14.3. The molecule has 1 aliphatic rings. The van der Waals surface area contributed by atoms with Gasteiger partial charge in [0.25, 0.3) is 5.56 Å². The highest BCUT2D eigenvalue weighted by Gasteiger charge is 2.26. The first kappa shape index (κ1) is 16.2. The molecule has 1 aromatic heterocycles. The maximum Gasteiger partial charge on any atom is 0.250 e. The Bertz CT molecular complexity index is 483. The first-order chi connectivity index (χ1) is 10.1. The van der Waals surface area contributed by atoms with Gasteiger partial charge in [0.2, 0.25) is 0 Å². The van der Waals surface area contributed by atoms with E-state index in [0.29, 0.717) is 12.1 Å². The quantitative estimate of drug-likeness (QED) is 0.870. The van der Waals surface area contributed by atoms with Crippen LogP contribution in [0.2, 0.25) is 0 Å². The molecule has 1 saturated heterocycles. The van der Waals surface area contributed by atoms with Crippen molar-refractivity contribution in [2.24, 2.45) is 5.92 Å². The Kier molecular flexibility index (Phi) is 6.00. The monoisotopic (exact) mass is 291 g/mol. The fourth-order valence-corrected chi connectivity index (χ4v) is 3.21. The van der Waals surface area contributed by atoms with Crippen molar-refractivity contribution in [3.05, 3.63) is 34.7 Å². The summed E-state index contributed by atoms with van der Waals surface area (Å²) in [5.41, 5.74) is 0.0967. The normalized spacial score (nSPS) is 23.6. The van der Waals surface area contributed by atoms with E-state index >= 15 is 0 Å². The Balaban J connectivity index is 1.94. The lowest BCUT2D eigenvalue weighted by Crippen LogP contribution is -2.57. The van der Waals surface area contributed by atoms with Crippen LogP contribution in [0.3, 0.4) is 0 Å². The largest absolute Gasteiger partial charge is 0.314 e. The molecule has 4 heteroatoms. The van der Waals surface area contributed by atoms with Gasteiger partial charge in [-0.2, -0.15) is 0 Å². The van der Waals surface area contributed by atoms with Crippen molar-refractivity contribution >= 4 is 0 Å².